The maximum absolute atomic E-state index is 13.3. The zero-order valence-electron chi connectivity index (χ0n) is 19.6. The van der Waals surface area contributed by atoms with Crippen LogP contribution in [0, 0.1) is 5.92 Å². The first-order valence-corrected chi connectivity index (χ1v) is 12.0. The van der Waals surface area contributed by atoms with Crippen molar-refractivity contribution in [2.75, 3.05) is 13.7 Å². The maximum Gasteiger partial charge on any atom is 0.328 e. The van der Waals surface area contributed by atoms with Crippen LogP contribution in [0.4, 0.5) is 0 Å². The first-order valence-electron chi connectivity index (χ1n) is 12.0. The van der Waals surface area contributed by atoms with Crippen LogP contribution in [0.5, 0.6) is 5.75 Å². The highest BCUT2D eigenvalue weighted by Gasteiger charge is 2.33. The van der Waals surface area contributed by atoms with E-state index in [-0.39, 0.29) is 36.5 Å². The molecule has 0 heterocycles. The summed E-state index contributed by atoms with van der Waals surface area (Å²) >= 11 is 0. The minimum absolute atomic E-state index is 0.0242. The lowest BCUT2D eigenvalue weighted by Crippen LogP contribution is -2.55. The van der Waals surface area contributed by atoms with Crippen LogP contribution in [-0.4, -0.2) is 53.8 Å². The van der Waals surface area contributed by atoms with Crippen molar-refractivity contribution in [2.24, 2.45) is 5.92 Å². The predicted octanol–water partition coefficient (Wildman–Crippen LogP) is 2.60. The number of aliphatic hydroxyl groups excluding tert-OH is 1. The molecule has 2 atom stereocenters. The minimum Gasteiger partial charge on any atom is -0.508 e. The number of hydrogen-bond donors (Lipinski definition) is 4. The number of carbonyl (C=O) groups is 3. The summed E-state index contributed by atoms with van der Waals surface area (Å²) in [6.45, 7) is 0.153. The number of esters is 1. The number of aromatic hydroxyl groups is 1. The number of amides is 2. The summed E-state index contributed by atoms with van der Waals surface area (Å²) in [5, 5.41) is 24.3. The van der Waals surface area contributed by atoms with Gasteiger partial charge in [0, 0.05) is 19.4 Å². The number of benzene rings is 1. The number of methoxy groups -OCH3 is 1. The molecule has 0 aliphatic heterocycles. The lowest BCUT2D eigenvalue weighted by Gasteiger charge is -2.31. The van der Waals surface area contributed by atoms with E-state index in [0.717, 1.165) is 51.4 Å². The molecule has 2 amide bonds. The Balaban J connectivity index is 2.05. The van der Waals surface area contributed by atoms with Gasteiger partial charge in [0.15, 0.2) is 0 Å². The minimum atomic E-state index is -0.925. The van der Waals surface area contributed by atoms with Gasteiger partial charge in [-0.1, -0.05) is 44.2 Å². The van der Waals surface area contributed by atoms with Crippen molar-refractivity contribution in [3.63, 3.8) is 0 Å². The Labute approximate surface area is 196 Å². The number of carbonyl (C=O) groups excluding carboxylic acids is 3. The molecule has 1 fully saturated rings. The average molecular weight is 463 g/mol. The van der Waals surface area contributed by atoms with E-state index < -0.39 is 18.1 Å². The second-order valence-corrected chi connectivity index (χ2v) is 8.79. The van der Waals surface area contributed by atoms with Crippen LogP contribution in [0.15, 0.2) is 24.3 Å². The number of phenolic OH excluding ortho intramolecular Hbond substituents is 1. The summed E-state index contributed by atoms with van der Waals surface area (Å²) in [4.78, 5) is 38.2. The van der Waals surface area contributed by atoms with Crippen LogP contribution >= 0.6 is 0 Å². The Bertz CT molecular complexity index is 763. The van der Waals surface area contributed by atoms with E-state index in [2.05, 4.69) is 10.6 Å². The van der Waals surface area contributed by atoms with Crippen molar-refractivity contribution < 1.29 is 29.3 Å². The number of aliphatic hydroxyl groups is 1. The van der Waals surface area contributed by atoms with Crippen LogP contribution in [0.3, 0.4) is 0 Å². The molecule has 0 saturated heterocycles. The molecule has 8 heteroatoms. The Morgan fingerprint density at radius 2 is 1.79 bits per heavy atom. The topological polar surface area (TPSA) is 125 Å². The van der Waals surface area contributed by atoms with Gasteiger partial charge in [0.25, 0.3) is 0 Å². The van der Waals surface area contributed by atoms with E-state index in [9.17, 15) is 19.5 Å². The third-order valence-electron chi connectivity index (χ3n) is 6.18. The number of nitrogens with one attached hydrogen (secondary N) is 2. The van der Waals surface area contributed by atoms with Gasteiger partial charge in [-0.25, -0.2) is 4.79 Å². The largest absolute Gasteiger partial charge is 0.508 e. The Kier molecular flexibility index (Phi) is 11.7. The molecule has 0 radical (unpaired) electrons. The molecule has 184 valence electrons. The van der Waals surface area contributed by atoms with Crippen LogP contribution in [0.1, 0.15) is 69.8 Å². The number of rotatable bonds is 13. The molecule has 1 aromatic carbocycles. The molecule has 1 aliphatic rings. The smallest absolute Gasteiger partial charge is 0.328 e. The number of hydrogen-bond acceptors (Lipinski definition) is 6. The van der Waals surface area contributed by atoms with E-state index in [1.54, 1.807) is 18.2 Å². The van der Waals surface area contributed by atoms with Gasteiger partial charge in [0.05, 0.1) is 7.11 Å². The molecule has 0 bridgehead atoms. The normalized spacial score (nSPS) is 15.9. The summed E-state index contributed by atoms with van der Waals surface area (Å²) in [5.41, 5.74) is 0.687. The van der Waals surface area contributed by atoms with Crippen molar-refractivity contribution in [3.8, 4) is 5.75 Å². The van der Waals surface area contributed by atoms with Crippen molar-refractivity contribution in [1.82, 2.24) is 10.6 Å². The van der Waals surface area contributed by atoms with E-state index in [4.69, 9.17) is 9.84 Å². The van der Waals surface area contributed by atoms with Crippen molar-refractivity contribution in [1.29, 1.82) is 0 Å². The summed E-state index contributed by atoms with van der Waals surface area (Å²) < 4.78 is 4.89. The molecule has 1 saturated carbocycles. The van der Waals surface area contributed by atoms with E-state index >= 15 is 0 Å². The molecule has 0 unspecified atom stereocenters. The number of ether oxygens (including phenoxy) is 1. The fourth-order valence-electron chi connectivity index (χ4n) is 4.38. The van der Waals surface area contributed by atoms with Crippen LogP contribution in [0.25, 0.3) is 0 Å². The van der Waals surface area contributed by atoms with Crippen molar-refractivity contribution >= 4 is 17.8 Å². The van der Waals surface area contributed by atoms with Crippen LogP contribution in [-0.2, 0) is 25.5 Å². The van der Waals surface area contributed by atoms with Gasteiger partial charge in [-0.2, -0.15) is 0 Å². The highest BCUT2D eigenvalue weighted by molar-refractivity contribution is 5.91. The third kappa shape index (κ3) is 9.42. The van der Waals surface area contributed by atoms with Crippen LogP contribution < -0.4 is 10.6 Å². The van der Waals surface area contributed by atoms with E-state index in [0.29, 0.717) is 18.4 Å². The molecular weight excluding hydrogens is 424 g/mol. The zero-order valence-corrected chi connectivity index (χ0v) is 19.6. The fourth-order valence-corrected chi connectivity index (χ4v) is 4.38. The Morgan fingerprint density at radius 1 is 1.06 bits per heavy atom. The van der Waals surface area contributed by atoms with E-state index in [1.165, 1.54) is 13.2 Å². The van der Waals surface area contributed by atoms with Gasteiger partial charge < -0.3 is 25.6 Å². The lowest BCUT2D eigenvalue weighted by atomic mass is 9.83. The van der Waals surface area contributed by atoms with Gasteiger partial charge in [0.2, 0.25) is 11.8 Å². The molecule has 1 aliphatic carbocycles. The molecular formula is C25H38N2O6. The Hall–Kier alpha value is -2.61. The predicted molar refractivity (Wildman–Crippen MR) is 124 cm³/mol. The summed E-state index contributed by atoms with van der Waals surface area (Å²) in [6.07, 6.45) is 8.48. The fraction of sp³-hybridized carbons (Fsp3) is 0.640. The quantitative estimate of drug-likeness (QED) is 0.264. The third-order valence-corrected chi connectivity index (χ3v) is 6.18. The molecule has 33 heavy (non-hydrogen) atoms. The first-order chi connectivity index (χ1) is 15.9. The zero-order chi connectivity index (χ0) is 24.1. The molecule has 1 aromatic rings. The maximum atomic E-state index is 13.3. The highest BCUT2D eigenvalue weighted by Crippen LogP contribution is 2.27. The number of unbranched alkanes of at least 4 members (excludes halogenated alkanes) is 3. The van der Waals surface area contributed by atoms with Crippen molar-refractivity contribution in [2.45, 2.75) is 82.7 Å². The summed E-state index contributed by atoms with van der Waals surface area (Å²) in [7, 11) is 1.27. The summed E-state index contributed by atoms with van der Waals surface area (Å²) in [6, 6.07) is 4.88. The van der Waals surface area contributed by atoms with E-state index in [1.807, 2.05) is 0 Å². The van der Waals surface area contributed by atoms with Gasteiger partial charge in [-0.3, -0.25) is 9.59 Å². The average Bonchev–Trinajstić information content (AvgIpc) is 2.82. The molecule has 8 nitrogen and oxygen atoms in total. The van der Waals surface area contributed by atoms with Gasteiger partial charge in [0.1, 0.15) is 17.8 Å². The first kappa shape index (κ1) is 26.6. The monoisotopic (exact) mass is 462 g/mol. The van der Waals surface area contributed by atoms with Crippen LogP contribution in [0.2, 0.25) is 0 Å². The standard InChI is InChI=1S/C25H38N2O6/c1-33-25(32)21(17-18-10-9-13-20(29)16-18)26-24(31)23(19-11-5-4-6-12-19)27-22(30)14-7-2-3-8-15-28/h9-10,13,16,19,21,23,28-29H,2-8,11-12,14-15,17H2,1H3,(H,26,31)(H,27,30)/t21-,23-/m0/s1. The SMILES string of the molecule is COC(=O)[C@H](Cc1cccc(O)c1)NC(=O)[C@@H](NC(=O)CCCCCCO)C1CCCCC1. The van der Waals surface area contributed by atoms with Crippen molar-refractivity contribution in [3.05, 3.63) is 29.8 Å². The summed E-state index contributed by atoms with van der Waals surface area (Å²) in [5.74, 6) is -1.03. The lowest BCUT2D eigenvalue weighted by molar-refractivity contribution is -0.145. The second kappa shape index (κ2) is 14.5. The Morgan fingerprint density at radius 3 is 2.45 bits per heavy atom. The van der Waals surface area contributed by atoms with Gasteiger partial charge >= 0.3 is 5.97 Å². The highest BCUT2D eigenvalue weighted by atomic mass is 16.5. The molecule has 0 aromatic heterocycles. The second-order valence-electron chi connectivity index (χ2n) is 8.79. The van der Waals surface area contributed by atoms with Gasteiger partial charge in [-0.15, -0.1) is 0 Å². The number of phenols is 1. The molecule has 2 rings (SSSR count). The van der Waals surface area contributed by atoms with Gasteiger partial charge in [-0.05, 0) is 49.3 Å². The molecule has 4 N–H and O–H groups in total. The molecule has 0 spiro atoms.